The molecule has 146 valence electrons. The number of benzene rings is 1. The Kier molecular flexibility index (Phi) is 4.26. The normalized spacial score (nSPS) is 18.6. The minimum atomic E-state index is -4.43. The average Bonchev–Trinajstić information content (AvgIpc) is 3.02. The van der Waals surface area contributed by atoms with Gasteiger partial charge in [0.25, 0.3) is 0 Å². The highest BCUT2D eigenvalue weighted by Gasteiger charge is 2.39. The van der Waals surface area contributed by atoms with E-state index in [1.54, 1.807) is 24.3 Å². The Morgan fingerprint density at radius 1 is 0.964 bits per heavy atom. The maximum absolute atomic E-state index is 12.8. The molecular formula is C21H18F3NO2S. The molecule has 3 nitrogen and oxygen atoms in total. The minimum Gasteiger partial charge on any atom is -0.256 e. The van der Waals surface area contributed by atoms with E-state index in [1.807, 2.05) is 0 Å². The van der Waals surface area contributed by atoms with Crippen LogP contribution in [0.15, 0.2) is 59.6 Å². The number of nitrogens with zero attached hydrogens (tertiary/aromatic N) is 1. The summed E-state index contributed by atoms with van der Waals surface area (Å²) in [7, 11) is -3.30. The Bertz CT molecular complexity index is 1080. The highest BCUT2D eigenvalue weighted by molar-refractivity contribution is 7.90. The summed E-state index contributed by atoms with van der Waals surface area (Å²) in [5, 5.41) is 0. The van der Waals surface area contributed by atoms with Crippen LogP contribution < -0.4 is 0 Å². The summed E-state index contributed by atoms with van der Waals surface area (Å²) in [4.78, 5) is 4.29. The number of sulfone groups is 1. The molecule has 1 aromatic heterocycles. The van der Waals surface area contributed by atoms with Crippen molar-refractivity contribution in [1.82, 2.24) is 4.98 Å². The van der Waals surface area contributed by atoms with Crippen molar-refractivity contribution < 1.29 is 21.6 Å². The van der Waals surface area contributed by atoms with Gasteiger partial charge in [0.15, 0.2) is 9.84 Å². The van der Waals surface area contributed by atoms with Crippen molar-refractivity contribution in [3.63, 3.8) is 0 Å². The zero-order valence-electron chi connectivity index (χ0n) is 15.1. The molecule has 1 aromatic carbocycles. The first kappa shape index (κ1) is 18.9. The molecule has 2 aliphatic rings. The van der Waals surface area contributed by atoms with Crippen LogP contribution in [0.5, 0.6) is 0 Å². The van der Waals surface area contributed by atoms with Gasteiger partial charge < -0.3 is 0 Å². The molecule has 2 aromatic rings. The molecule has 0 aliphatic heterocycles. The van der Waals surface area contributed by atoms with Crippen LogP contribution >= 0.6 is 0 Å². The fraction of sp³-hybridized carbons (Fsp3) is 0.286. The lowest BCUT2D eigenvalue weighted by molar-refractivity contribution is -0.137. The summed E-state index contributed by atoms with van der Waals surface area (Å²) in [6, 6.07) is 9.00. The lowest BCUT2D eigenvalue weighted by Gasteiger charge is -2.34. The van der Waals surface area contributed by atoms with Gasteiger partial charge in [-0.1, -0.05) is 30.7 Å². The molecule has 1 fully saturated rings. The fourth-order valence-corrected chi connectivity index (χ4v) is 4.33. The number of rotatable bonds is 3. The van der Waals surface area contributed by atoms with E-state index < -0.39 is 21.6 Å². The molecule has 4 rings (SSSR count). The van der Waals surface area contributed by atoms with Gasteiger partial charge in [0.2, 0.25) is 0 Å². The van der Waals surface area contributed by atoms with Gasteiger partial charge in [0.05, 0.1) is 16.2 Å². The molecule has 0 amide bonds. The third-order valence-electron chi connectivity index (χ3n) is 5.40. The van der Waals surface area contributed by atoms with Gasteiger partial charge in [-0.2, -0.15) is 13.2 Å². The predicted octanol–water partition coefficient (Wildman–Crippen LogP) is 5.15. The van der Waals surface area contributed by atoms with Gasteiger partial charge in [-0.3, -0.25) is 4.98 Å². The van der Waals surface area contributed by atoms with Crippen LogP contribution in [0.4, 0.5) is 13.2 Å². The monoisotopic (exact) mass is 405 g/mol. The lowest BCUT2D eigenvalue weighted by Crippen LogP contribution is -2.22. The van der Waals surface area contributed by atoms with E-state index in [1.165, 1.54) is 6.07 Å². The molecule has 1 saturated carbocycles. The van der Waals surface area contributed by atoms with Crippen LogP contribution in [-0.4, -0.2) is 19.7 Å². The van der Waals surface area contributed by atoms with Crippen LogP contribution in [0.2, 0.25) is 0 Å². The number of hydrogen-bond donors (Lipinski definition) is 0. The molecule has 1 spiro atoms. The second-order valence-corrected chi connectivity index (χ2v) is 9.44. The van der Waals surface area contributed by atoms with Gasteiger partial charge >= 0.3 is 6.18 Å². The number of halogens is 3. The van der Waals surface area contributed by atoms with Crippen molar-refractivity contribution in [3.05, 3.63) is 71.6 Å². The molecule has 0 N–H and O–H groups in total. The molecular weight excluding hydrogens is 387 g/mol. The smallest absolute Gasteiger partial charge is 0.256 e. The van der Waals surface area contributed by atoms with Crippen LogP contribution in [0.1, 0.15) is 36.1 Å². The molecule has 0 bridgehead atoms. The van der Waals surface area contributed by atoms with Crippen molar-refractivity contribution in [2.75, 3.05) is 6.26 Å². The zero-order chi connectivity index (χ0) is 20.2. The van der Waals surface area contributed by atoms with Gasteiger partial charge in [-0.05, 0) is 48.2 Å². The number of hydrogen-bond acceptors (Lipinski definition) is 3. The molecule has 28 heavy (non-hydrogen) atoms. The highest BCUT2D eigenvalue weighted by atomic mass is 32.2. The van der Waals surface area contributed by atoms with Gasteiger partial charge in [-0.15, -0.1) is 0 Å². The highest BCUT2D eigenvalue weighted by Crippen LogP contribution is 2.53. The first-order valence-corrected chi connectivity index (χ1v) is 10.8. The van der Waals surface area contributed by atoms with Crippen molar-refractivity contribution in [1.29, 1.82) is 0 Å². The van der Waals surface area contributed by atoms with Crippen molar-refractivity contribution in [2.45, 2.75) is 30.3 Å². The van der Waals surface area contributed by atoms with E-state index in [0.717, 1.165) is 54.5 Å². The van der Waals surface area contributed by atoms with Gasteiger partial charge in [0.1, 0.15) is 0 Å². The first-order chi connectivity index (χ1) is 13.1. The van der Waals surface area contributed by atoms with Crippen LogP contribution in [0, 0.1) is 5.41 Å². The number of aromatic nitrogens is 1. The molecule has 7 heteroatoms. The van der Waals surface area contributed by atoms with Crippen molar-refractivity contribution >= 4 is 21.0 Å². The van der Waals surface area contributed by atoms with E-state index in [2.05, 4.69) is 17.1 Å². The van der Waals surface area contributed by atoms with Crippen molar-refractivity contribution in [2.24, 2.45) is 5.41 Å². The van der Waals surface area contributed by atoms with Crippen LogP contribution in [0.3, 0.4) is 0 Å². The molecule has 1 heterocycles. The first-order valence-electron chi connectivity index (χ1n) is 8.88. The Balaban J connectivity index is 1.74. The Labute approximate surface area is 161 Å². The van der Waals surface area contributed by atoms with Gasteiger partial charge in [0, 0.05) is 23.4 Å². The summed E-state index contributed by atoms with van der Waals surface area (Å²) in [5.41, 5.74) is 2.12. The third-order valence-corrected chi connectivity index (χ3v) is 6.53. The second kappa shape index (κ2) is 6.30. The quantitative estimate of drug-likeness (QED) is 0.709. The van der Waals surface area contributed by atoms with E-state index >= 15 is 0 Å². The van der Waals surface area contributed by atoms with E-state index in [0.29, 0.717) is 5.69 Å². The number of alkyl halides is 3. The minimum absolute atomic E-state index is 0.0788. The SMILES string of the molecule is CS(=O)(=O)c1ccc(C2=CC3(C=C2c2ccc(C(F)(F)F)cn2)CCC3)cc1. The summed E-state index contributed by atoms with van der Waals surface area (Å²) in [5.74, 6) is 0. The summed E-state index contributed by atoms with van der Waals surface area (Å²) < 4.78 is 61.9. The topological polar surface area (TPSA) is 47.0 Å². The van der Waals surface area contributed by atoms with E-state index in [4.69, 9.17) is 0 Å². The zero-order valence-corrected chi connectivity index (χ0v) is 15.9. The van der Waals surface area contributed by atoms with Gasteiger partial charge in [-0.25, -0.2) is 8.42 Å². The fourth-order valence-electron chi connectivity index (χ4n) is 3.70. The second-order valence-electron chi connectivity index (χ2n) is 7.43. The molecule has 0 atom stereocenters. The lowest BCUT2D eigenvalue weighted by atomic mass is 9.70. The largest absolute Gasteiger partial charge is 0.417 e. The summed E-state index contributed by atoms with van der Waals surface area (Å²) in [6.45, 7) is 0. The maximum atomic E-state index is 12.8. The van der Waals surface area contributed by atoms with Crippen LogP contribution in [0.25, 0.3) is 11.1 Å². The molecule has 0 radical (unpaired) electrons. The third kappa shape index (κ3) is 3.39. The summed E-state index contributed by atoms with van der Waals surface area (Å²) >= 11 is 0. The van der Waals surface area contributed by atoms with Crippen LogP contribution in [-0.2, 0) is 16.0 Å². The Morgan fingerprint density at radius 3 is 2.07 bits per heavy atom. The summed E-state index contributed by atoms with van der Waals surface area (Å²) in [6.07, 6.45) is 4.88. The Morgan fingerprint density at radius 2 is 1.61 bits per heavy atom. The number of pyridine rings is 1. The van der Waals surface area contributed by atoms with E-state index in [9.17, 15) is 21.6 Å². The molecule has 0 unspecified atom stereocenters. The molecule has 2 aliphatic carbocycles. The maximum Gasteiger partial charge on any atom is 0.417 e. The average molecular weight is 405 g/mol. The predicted molar refractivity (Wildman–Crippen MR) is 101 cm³/mol. The van der Waals surface area contributed by atoms with E-state index in [-0.39, 0.29) is 10.3 Å². The van der Waals surface area contributed by atoms with Crippen molar-refractivity contribution in [3.8, 4) is 0 Å². The standard InChI is InChI=1S/C21H18F3NO2S/c1-28(26,27)16-6-3-14(4-7-16)17-11-20(9-2-10-20)12-18(17)19-8-5-15(13-25-19)21(22,23)24/h3-8,11-13H,2,9-10H2,1H3. The molecule has 0 saturated heterocycles. The number of allylic oxidation sites excluding steroid dienone is 4. The Hall–Kier alpha value is -2.41.